The molecule has 0 radical (unpaired) electrons. The van der Waals surface area contributed by atoms with E-state index >= 15 is 0 Å². The normalized spacial score (nSPS) is 21.1. The highest BCUT2D eigenvalue weighted by Gasteiger charge is 2.45. The fraction of sp³-hybridized carbons (Fsp3) is 0.444. The molecule has 1 atom stereocenters. The molecule has 11 heteroatoms. The number of hydrogen-bond donors (Lipinski definition) is 1. The van der Waals surface area contributed by atoms with Crippen molar-refractivity contribution >= 4 is 34.8 Å². The minimum atomic E-state index is -0.595. The number of nitrogens with zero attached hydrogens (tertiary/aromatic N) is 6. The van der Waals surface area contributed by atoms with Crippen LogP contribution in [0.2, 0.25) is 0 Å². The van der Waals surface area contributed by atoms with Gasteiger partial charge >= 0.3 is 0 Å². The Kier molecular flexibility index (Phi) is 9.20. The second kappa shape index (κ2) is 14.2. The number of imide groups is 1. The number of nitrogens with one attached hydrogen (secondary N) is 1. The van der Waals surface area contributed by atoms with E-state index in [2.05, 4.69) is 86.7 Å². The largest absolute Gasteiger partial charge is 0.371 e. The zero-order valence-electron chi connectivity index (χ0n) is 32.5. The fourth-order valence-electron chi connectivity index (χ4n) is 9.45. The number of rotatable bonds is 10. The van der Waals surface area contributed by atoms with Gasteiger partial charge in [-0.3, -0.25) is 19.7 Å². The summed E-state index contributed by atoms with van der Waals surface area (Å²) in [6.45, 7) is 12.6. The minimum absolute atomic E-state index is 0.124. The van der Waals surface area contributed by atoms with Crippen molar-refractivity contribution < 1.29 is 18.9 Å². The topological polar surface area (TPSA) is 126 Å². The van der Waals surface area contributed by atoms with E-state index in [9.17, 15) is 19.6 Å². The minimum Gasteiger partial charge on any atom is -0.371 e. The Labute approximate surface area is 328 Å². The van der Waals surface area contributed by atoms with E-state index in [-0.39, 0.29) is 29.6 Å². The Morgan fingerprint density at radius 3 is 2.39 bits per heavy atom. The molecule has 5 aliphatic rings. The molecule has 3 aromatic carbocycles. The smallest absolute Gasteiger partial charge is 0.255 e. The summed E-state index contributed by atoms with van der Waals surface area (Å²) >= 11 is 0. The van der Waals surface area contributed by atoms with Gasteiger partial charge < -0.3 is 24.1 Å². The molecule has 4 fully saturated rings. The zero-order chi connectivity index (χ0) is 38.7. The molecule has 9 rings (SSSR count). The van der Waals surface area contributed by atoms with Gasteiger partial charge in [0.25, 0.3) is 5.91 Å². The molecule has 56 heavy (non-hydrogen) atoms. The van der Waals surface area contributed by atoms with Gasteiger partial charge in [0.2, 0.25) is 11.8 Å². The number of nitriles is 1. The van der Waals surface area contributed by atoms with Gasteiger partial charge in [-0.25, -0.2) is 0 Å². The summed E-state index contributed by atoms with van der Waals surface area (Å²) in [6, 6.07) is 23.5. The number of fused-ring (bicyclic) bond motifs is 1. The summed E-state index contributed by atoms with van der Waals surface area (Å²) in [6.07, 6.45) is 4.75. The van der Waals surface area contributed by atoms with E-state index in [1.807, 2.05) is 26.0 Å². The molecule has 4 aliphatic heterocycles. The van der Waals surface area contributed by atoms with E-state index < -0.39 is 6.04 Å². The fourth-order valence-corrected chi connectivity index (χ4v) is 9.45. The highest BCUT2D eigenvalue weighted by atomic mass is 16.5. The molecule has 1 aliphatic carbocycles. The Balaban J connectivity index is 0.833. The molecule has 0 bridgehead atoms. The second-order valence-corrected chi connectivity index (χ2v) is 16.8. The van der Waals surface area contributed by atoms with E-state index in [1.165, 1.54) is 11.3 Å². The summed E-state index contributed by atoms with van der Waals surface area (Å²) in [5.74, 6) is 1.15. The maximum absolute atomic E-state index is 13.4. The highest BCUT2D eigenvalue weighted by Crippen LogP contribution is 2.48. The quantitative estimate of drug-likeness (QED) is 0.179. The van der Waals surface area contributed by atoms with Crippen molar-refractivity contribution in [2.45, 2.75) is 77.3 Å². The first-order valence-electron chi connectivity index (χ1n) is 20.2. The lowest BCUT2D eigenvalue weighted by Gasteiger charge is -2.45. The van der Waals surface area contributed by atoms with E-state index in [0.717, 1.165) is 110 Å². The highest BCUT2D eigenvalue weighted by molar-refractivity contribution is 6.05. The van der Waals surface area contributed by atoms with Crippen LogP contribution in [0, 0.1) is 43.9 Å². The number of hydrogen-bond acceptors (Lipinski definition) is 9. The summed E-state index contributed by atoms with van der Waals surface area (Å²) in [4.78, 5) is 46.6. The molecule has 1 aromatic heterocycles. The summed E-state index contributed by atoms with van der Waals surface area (Å²) in [5.41, 5.74) is 10.1. The van der Waals surface area contributed by atoms with Crippen LogP contribution in [0.15, 0.2) is 65.2 Å². The molecule has 1 unspecified atom stereocenters. The van der Waals surface area contributed by atoms with Crippen LogP contribution in [0.1, 0.15) is 77.0 Å². The van der Waals surface area contributed by atoms with Gasteiger partial charge in [-0.15, -0.1) is 0 Å². The number of carbonyl (C=O) groups excluding carboxylic acids is 3. The molecular weight excluding hydrogens is 703 g/mol. The maximum Gasteiger partial charge on any atom is 0.255 e. The van der Waals surface area contributed by atoms with Crippen molar-refractivity contribution in [1.82, 2.24) is 20.3 Å². The van der Waals surface area contributed by atoms with Crippen molar-refractivity contribution in [3.8, 4) is 17.2 Å². The lowest BCUT2D eigenvalue weighted by molar-refractivity contribution is -0.136. The van der Waals surface area contributed by atoms with Crippen LogP contribution in [0.4, 0.5) is 17.1 Å². The first-order valence-corrected chi connectivity index (χ1v) is 20.2. The Hall–Kier alpha value is -5.47. The van der Waals surface area contributed by atoms with Crippen molar-refractivity contribution in [1.29, 1.82) is 5.26 Å². The first-order chi connectivity index (χ1) is 27.1. The predicted molar refractivity (Wildman–Crippen MR) is 213 cm³/mol. The molecule has 1 N–H and O–H groups in total. The number of aryl methyl sites for hydroxylation is 3. The average Bonchev–Trinajstić information content (AvgIpc) is 3.83. The van der Waals surface area contributed by atoms with Crippen molar-refractivity contribution in [3.63, 3.8) is 0 Å². The molecular formula is C45H49N7O4. The van der Waals surface area contributed by atoms with Gasteiger partial charge in [0.15, 0.2) is 0 Å². The van der Waals surface area contributed by atoms with Crippen LogP contribution in [-0.2, 0) is 21.5 Å². The van der Waals surface area contributed by atoms with Gasteiger partial charge in [-0.05, 0) is 124 Å². The molecule has 3 amide bonds. The van der Waals surface area contributed by atoms with Crippen LogP contribution < -0.4 is 15.1 Å². The summed E-state index contributed by atoms with van der Waals surface area (Å²) in [5, 5.41) is 16.4. The second-order valence-electron chi connectivity index (χ2n) is 16.8. The molecule has 11 nitrogen and oxygen atoms in total. The lowest BCUT2D eigenvalue weighted by Crippen LogP contribution is -2.53. The van der Waals surface area contributed by atoms with Crippen molar-refractivity contribution in [2.75, 3.05) is 49.1 Å². The van der Waals surface area contributed by atoms with Gasteiger partial charge in [0.1, 0.15) is 11.8 Å². The number of aromatic nitrogens is 1. The first kappa shape index (κ1) is 36.2. The van der Waals surface area contributed by atoms with Gasteiger partial charge in [-0.2, -0.15) is 5.26 Å². The number of amides is 3. The van der Waals surface area contributed by atoms with E-state index in [1.54, 1.807) is 4.90 Å². The molecule has 4 aromatic rings. The van der Waals surface area contributed by atoms with Gasteiger partial charge in [0.05, 0.1) is 17.2 Å². The van der Waals surface area contributed by atoms with Crippen LogP contribution in [0.3, 0.4) is 0 Å². The number of piperidine rings is 2. The van der Waals surface area contributed by atoms with Crippen LogP contribution in [0.5, 0.6) is 0 Å². The maximum atomic E-state index is 13.4. The standard InChI is InChI=1S/C45H49N7O4/c1-28-4-5-33(42-29(2)48-56-30(42)3)20-40(28)51(36-10-7-35(8-11-36)45(27-46)16-17-45)25-31-14-18-49(19-15-31)22-32-23-50(24-32)37-9-6-34-26-52(44(55)38(34)21-37)39-12-13-41(53)47-43(39)54/h4-11,20-21,31-32,39H,12-19,22-26H2,1-3H3,(H,47,53,54). The lowest BCUT2D eigenvalue weighted by atomic mass is 9.92. The number of anilines is 3. The monoisotopic (exact) mass is 751 g/mol. The third kappa shape index (κ3) is 6.64. The Morgan fingerprint density at radius 2 is 1.71 bits per heavy atom. The van der Waals surface area contributed by atoms with Crippen LogP contribution >= 0.6 is 0 Å². The summed E-state index contributed by atoms with van der Waals surface area (Å²) < 4.78 is 5.54. The zero-order valence-corrected chi connectivity index (χ0v) is 32.5. The SMILES string of the molecule is Cc1ccc(-c2c(C)noc2C)cc1N(CC1CCN(CC2CN(c3ccc4c(c3)C(=O)N(C3CCC(=O)NC3=O)C4)C2)CC1)c1ccc(C2(C#N)CC2)cc1. The predicted octanol–water partition coefficient (Wildman–Crippen LogP) is 6.57. The molecule has 3 saturated heterocycles. The number of carbonyl (C=O) groups is 3. The van der Waals surface area contributed by atoms with Crippen LogP contribution in [0.25, 0.3) is 11.1 Å². The Bertz CT molecular complexity index is 2220. The van der Waals surface area contributed by atoms with Crippen LogP contribution in [-0.4, -0.2) is 78.0 Å². The van der Waals surface area contributed by atoms with Gasteiger partial charge in [-0.1, -0.05) is 35.5 Å². The summed E-state index contributed by atoms with van der Waals surface area (Å²) in [7, 11) is 0. The molecule has 0 spiro atoms. The third-order valence-corrected chi connectivity index (χ3v) is 13.0. The third-order valence-electron chi connectivity index (χ3n) is 13.0. The Morgan fingerprint density at radius 1 is 0.946 bits per heavy atom. The molecule has 288 valence electrons. The van der Waals surface area contributed by atoms with Crippen molar-refractivity contribution in [2.24, 2.45) is 11.8 Å². The van der Waals surface area contributed by atoms with E-state index in [0.29, 0.717) is 30.4 Å². The van der Waals surface area contributed by atoms with Crippen molar-refractivity contribution in [3.05, 3.63) is 94.4 Å². The molecule has 5 heterocycles. The molecule has 1 saturated carbocycles. The van der Waals surface area contributed by atoms with E-state index in [4.69, 9.17) is 4.52 Å². The number of likely N-dealkylation sites (tertiary alicyclic amines) is 1. The average molecular weight is 752 g/mol. The number of benzene rings is 3. The van der Waals surface area contributed by atoms with Gasteiger partial charge in [0, 0.05) is 73.3 Å².